The molecule has 2 amide bonds. The molecule has 1 aliphatic carbocycles. The van der Waals surface area contributed by atoms with Crippen LogP contribution in [-0.4, -0.2) is 81.4 Å². The zero-order valence-electron chi connectivity index (χ0n) is 25.0. The van der Waals surface area contributed by atoms with Crippen molar-refractivity contribution in [1.29, 1.82) is 0 Å². The maximum Gasteiger partial charge on any atom is 0.276 e. The third kappa shape index (κ3) is 7.40. The molecule has 2 aromatic rings. The second kappa shape index (κ2) is 13.8. The van der Waals surface area contributed by atoms with Gasteiger partial charge >= 0.3 is 0 Å². The van der Waals surface area contributed by atoms with Crippen molar-refractivity contribution in [2.45, 2.75) is 55.4 Å². The van der Waals surface area contributed by atoms with Gasteiger partial charge in [-0.2, -0.15) is 4.31 Å². The van der Waals surface area contributed by atoms with Crippen LogP contribution in [0.4, 0.5) is 20.3 Å². The van der Waals surface area contributed by atoms with E-state index < -0.39 is 21.9 Å². The highest BCUT2D eigenvalue weighted by atomic mass is 35.5. The number of nitrogens with one attached hydrogen (secondary N) is 1. The van der Waals surface area contributed by atoms with Crippen LogP contribution in [0.2, 0.25) is 5.15 Å². The molecule has 45 heavy (non-hydrogen) atoms. The molecule has 5 rings (SSSR count). The summed E-state index contributed by atoms with van der Waals surface area (Å²) in [7, 11) is -3.83. The van der Waals surface area contributed by atoms with Crippen LogP contribution in [0.1, 0.15) is 44.1 Å². The summed E-state index contributed by atoms with van der Waals surface area (Å²) in [5.41, 5.74) is 11.7. The van der Waals surface area contributed by atoms with E-state index in [1.54, 1.807) is 21.9 Å². The summed E-state index contributed by atoms with van der Waals surface area (Å²) >= 11 is 6.23. The number of alkyl halides is 2. The van der Waals surface area contributed by atoms with E-state index in [4.69, 9.17) is 23.1 Å². The summed E-state index contributed by atoms with van der Waals surface area (Å²) in [4.78, 5) is 32.2. The second-order valence-electron chi connectivity index (χ2n) is 12.0. The molecule has 0 unspecified atom stereocenters. The average molecular weight is 668 g/mol. The van der Waals surface area contributed by atoms with Gasteiger partial charge in [-0.1, -0.05) is 11.6 Å². The summed E-state index contributed by atoms with van der Waals surface area (Å²) in [5, 5.41) is 2.76. The van der Waals surface area contributed by atoms with Gasteiger partial charge < -0.3 is 26.6 Å². The molecule has 1 saturated carbocycles. The van der Waals surface area contributed by atoms with Crippen molar-refractivity contribution in [2.24, 2.45) is 23.3 Å². The normalized spacial score (nSPS) is 23.4. The van der Waals surface area contributed by atoms with Gasteiger partial charge in [0.15, 0.2) is 0 Å². The number of sulfonamides is 1. The third-order valence-electron chi connectivity index (χ3n) is 8.96. The molecule has 1 atom stereocenters. The number of aromatic nitrogens is 1. The van der Waals surface area contributed by atoms with Crippen molar-refractivity contribution in [2.75, 3.05) is 55.6 Å². The number of rotatable bonds is 10. The van der Waals surface area contributed by atoms with Gasteiger partial charge in [0.05, 0.1) is 4.90 Å². The van der Waals surface area contributed by atoms with Crippen LogP contribution in [0.3, 0.4) is 0 Å². The quantitative estimate of drug-likeness (QED) is 0.258. The lowest BCUT2D eigenvalue weighted by Crippen LogP contribution is -2.49. The number of piperazine rings is 1. The number of halogens is 3. The Morgan fingerprint density at radius 3 is 2.33 bits per heavy atom. The number of nitrogens with zero attached hydrogens (tertiary/aromatic N) is 4. The zero-order chi connectivity index (χ0) is 32.4. The van der Waals surface area contributed by atoms with E-state index in [1.807, 2.05) is 0 Å². The van der Waals surface area contributed by atoms with E-state index in [1.165, 1.54) is 28.6 Å². The van der Waals surface area contributed by atoms with Crippen molar-refractivity contribution in [3.8, 4) is 0 Å². The predicted octanol–water partition coefficient (Wildman–Crippen LogP) is 2.67. The van der Waals surface area contributed by atoms with Gasteiger partial charge in [-0.05, 0) is 75.0 Å². The zero-order valence-corrected chi connectivity index (χ0v) is 26.6. The number of carbonyl (C=O) groups excluding carboxylic acids is 2. The van der Waals surface area contributed by atoms with Crippen molar-refractivity contribution in [1.82, 2.24) is 14.6 Å². The lowest BCUT2D eigenvalue weighted by Gasteiger charge is -2.36. The molecule has 5 N–H and O–H groups in total. The van der Waals surface area contributed by atoms with Crippen molar-refractivity contribution >= 4 is 44.9 Å². The van der Waals surface area contributed by atoms with E-state index in [2.05, 4.69) is 10.3 Å². The van der Waals surface area contributed by atoms with Crippen LogP contribution in [-0.2, 0) is 25.5 Å². The molecule has 1 aromatic carbocycles. The number of amides is 2. The highest BCUT2D eigenvalue weighted by Gasteiger charge is 2.44. The van der Waals surface area contributed by atoms with Gasteiger partial charge in [0, 0.05) is 74.8 Å². The van der Waals surface area contributed by atoms with Gasteiger partial charge in [-0.15, -0.1) is 0 Å². The van der Waals surface area contributed by atoms with E-state index in [0.29, 0.717) is 44.6 Å². The van der Waals surface area contributed by atoms with Gasteiger partial charge in [0.2, 0.25) is 21.8 Å². The summed E-state index contributed by atoms with van der Waals surface area (Å²) in [6.07, 6.45) is 2.09. The van der Waals surface area contributed by atoms with E-state index >= 15 is 8.78 Å². The van der Waals surface area contributed by atoms with Gasteiger partial charge in [0.25, 0.3) is 5.92 Å². The first-order valence-electron chi connectivity index (χ1n) is 15.3. The number of pyridine rings is 1. The highest BCUT2D eigenvalue weighted by Crippen LogP contribution is 2.46. The first-order chi connectivity index (χ1) is 21.4. The number of hydrogen-bond acceptors (Lipinski definition) is 8. The largest absolute Gasteiger partial charge is 0.356 e. The molecule has 1 aromatic heterocycles. The minimum absolute atomic E-state index is 0.0669. The predicted molar refractivity (Wildman–Crippen MR) is 168 cm³/mol. The van der Waals surface area contributed by atoms with Crippen LogP contribution in [0.15, 0.2) is 41.3 Å². The molecule has 0 radical (unpaired) electrons. The number of benzene rings is 1. The summed E-state index contributed by atoms with van der Waals surface area (Å²) in [6.45, 7) is 2.06. The van der Waals surface area contributed by atoms with Crippen LogP contribution in [0, 0.1) is 11.8 Å². The minimum atomic E-state index is -3.83. The number of nitrogens with two attached hydrogens (primary N) is 2. The Hall–Kier alpha value is -2.91. The van der Waals surface area contributed by atoms with Crippen LogP contribution in [0.25, 0.3) is 0 Å². The smallest absolute Gasteiger partial charge is 0.276 e. The molecule has 11 nitrogen and oxygen atoms in total. The summed E-state index contributed by atoms with van der Waals surface area (Å²) < 4.78 is 59.6. The second-order valence-corrected chi connectivity index (χ2v) is 14.3. The number of anilines is 2. The van der Waals surface area contributed by atoms with E-state index in [9.17, 15) is 18.0 Å². The Balaban J connectivity index is 1.20. The topological polar surface area (TPSA) is 155 Å². The van der Waals surface area contributed by atoms with Crippen LogP contribution < -0.4 is 26.6 Å². The maximum absolute atomic E-state index is 15.8. The fourth-order valence-corrected chi connectivity index (χ4v) is 7.97. The Morgan fingerprint density at radius 1 is 1.07 bits per heavy atom. The molecule has 2 aliphatic heterocycles. The third-order valence-corrected chi connectivity index (χ3v) is 11.1. The highest BCUT2D eigenvalue weighted by molar-refractivity contribution is 7.89. The molecule has 3 aliphatic rings. The monoisotopic (exact) mass is 667 g/mol. The van der Waals surface area contributed by atoms with Gasteiger partial charge in [0.1, 0.15) is 11.0 Å². The molecular weight excluding hydrogens is 628 g/mol. The van der Waals surface area contributed by atoms with Crippen LogP contribution in [0.5, 0.6) is 0 Å². The number of hydrogen-bond donors (Lipinski definition) is 3. The number of carbonyl (C=O) groups is 2. The maximum atomic E-state index is 15.8. The molecule has 15 heteroatoms. The first-order valence-corrected chi connectivity index (χ1v) is 17.2. The first kappa shape index (κ1) is 33.5. The molecule has 3 heterocycles. The fraction of sp³-hybridized carbons (Fsp3) is 0.567. The van der Waals surface area contributed by atoms with Crippen molar-refractivity contribution in [3.63, 3.8) is 0 Å². The van der Waals surface area contributed by atoms with Crippen molar-refractivity contribution in [3.05, 3.63) is 47.1 Å². The Morgan fingerprint density at radius 2 is 1.73 bits per heavy atom. The van der Waals surface area contributed by atoms with Gasteiger partial charge in [-0.25, -0.2) is 22.2 Å². The van der Waals surface area contributed by atoms with E-state index in [-0.39, 0.29) is 90.6 Å². The molecular formula is C30H40ClF2N7O4S. The molecule has 0 bridgehead atoms. The lowest BCUT2D eigenvalue weighted by atomic mass is 9.77. The summed E-state index contributed by atoms with van der Waals surface area (Å²) in [5.74, 6) is -4.35. The standard InChI is InChI=1S/C30H40ClF2N7O4S/c31-26-16-22(30(32,33)21-4-2-20(3-5-21)29(42)36-11-1-10-34)17-27(37-26)38-12-14-39(15-13-38)45(43,44)25-8-6-24(7-9-25)40-19-23(35)18-28(40)41/h6-9,16-17,20-21,23H,1-5,10-15,18-19,34-35H2,(H,36,42)/t20-,21+,23-/m1/s1. The summed E-state index contributed by atoms with van der Waals surface area (Å²) in [6, 6.07) is 8.42. The Labute approximate surface area is 267 Å². The lowest BCUT2D eigenvalue weighted by molar-refractivity contribution is -0.129. The van der Waals surface area contributed by atoms with Gasteiger partial charge in [-0.3, -0.25) is 9.59 Å². The Kier molecular flexibility index (Phi) is 10.3. The average Bonchev–Trinajstić information content (AvgIpc) is 3.38. The van der Waals surface area contributed by atoms with Crippen LogP contribution >= 0.6 is 11.6 Å². The van der Waals surface area contributed by atoms with E-state index in [0.717, 1.165) is 0 Å². The SMILES string of the molecule is NCCCNC(=O)[C@H]1CC[C@@H](C(F)(F)c2cc(Cl)nc(N3CCN(S(=O)(=O)c4ccc(N5C[C@H](N)CC5=O)cc4)CC3)c2)CC1. The minimum Gasteiger partial charge on any atom is -0.356 e. The van der Waals surface area contributed by atoms with Crippen molar-refractivity contribution < 1.29 is 26.8 Å². The molecule has 2 saturated heterocycles. The molecule has 0 spiro atoms. The Bertz CT molecular complexity index is 1480. The fourth-order valence-electron chi connectivity index (χ4n) is 6.34. The molecule has 3 fully saturated rings. The molecule has 246 valence electrons.